The van der Waals surface area contributed by atoms with E-state index in [-0.39, 0.29) is 11.0 Å². The van der Waals surface area contributed by atoms with Crippen LogP contribution >= 0.6 is 11.6 Å². The van der Waals surface area contributed by atoms with Gasteiger partial charge in [0.15, 0.2) is 0 Å². The number of aryl methyl sites for hydroxylation is 1. The number of aromatic nitrogens is 1. The molecule has 0 atom stereocenters. The van der Waals surface area contributed by atoms with Crippen molar-refractivity contribution in [3.63, 3.8) is 0 Å². The van der Waals surface area contributed by atoms with Gasteiger partial charge in [0.05, 0.1) is 0 Å². The van der Waals surface area contributed by atoms with Crippen molar-refractivity contribution in [2.75, 3.05) is 0 Å². The summed E-state index contributed by atoms with van der Waals surface area (Å²) in [6.07, 6.45) is -1.40. The van der Waals surface area contributed by atoms with Gasteiger partial charge < -0.3 is 9.84 Å². The Kier molecular flexibility index (Phi) is 2.50. The zero-order valence-electron chi connectivity index (χ0n) is 6.24. The summed E-state index contributed by atoms with van der Waals surface area (Å²) >= 11 is 5.55. The highest BCUT2D eigenvalue weighted by Crippen LogP contribution is 2.15. The molecule has 0 unspecified atom stereocenters. The van der Waals surface area contributed by atoms with Crippen LogP contribution in [0, 0.1) is 6.92 Å². The average molecular weight is 188 g/mol. The van der Waals surface area contributed by atoms with Gasteiger partial charge in [0.2, 0.25) is 5.88 Å². The summed E-state index contributed by atoms with van der Waals surface area (Å²) < 4.78 is 4.30. The quantitative estimate of drug-likeness (QED) is 0.540. The second-order valence-electron chi connectivity index (χ2n) is 2.17. The highest BCUT2D eigenvalue weighted by atomic mass is 35.5. The number of carbonyl (C=O) groups is 1. The van der Waals surface area contributed by atoms with E-state index in [2.05, 4.69) is 9.72 Å². The molecular weight excluding hydrogens is 182 g/mol. The molecule has 0 radical (unpaired) electrons. The van der Waals surface area contributed by atoms with Gasteiger partial charge in [0, 0.05) is 6.07 Å². The molecule has 0 fully saturated rings. The summed E-state index contributed by atoms with van der Waals surface area (Å²) in [7, 11) is 0. The zero-order chi connectivity index (χ0) is 9.14. The SMILES string of the molecule is Cc1cc(Cl)nc(OC(=O)O)c1. The van der Waals surface area contributed by atoms with Crippen LogP contribution in [0.25, 0.3) is 0 Å². The number of pyridine rings is 1. The Morgan fingerprint density at radius 2 is 2.33 bits per heavy atom. The molecule has 0 aliphatic rings. The second-order valence-corrected chi connectivity index (χ2v) is 2.56. The van der Waals surface area contributed by atoms with Gasteiger partial charge in [-0.2, -0.15) is 0 Å². The minimum Gasteiger partial charge on any atom is -0.449 e. The molecule has 0 spiro atoms. The van der Waals surface area contributed by atoms with E-state index in [0.29, 0.717) is 0 Å². The van der Waals surface area contributed by atoms with Gasteiger partial charge in [-0.15, -0.1) is 0 Å². The maximum atomic E-state index is 10.1. The maximum absolute atomic E-state index is 10.1. The van der Waals surface area contributed by atoms with Gasteiger partial charge in [-0.05, 0) is 18.6 Å². The Bertz CT molecular complexity index is 293. The summed E-state index contributed by atoms with van der Waals surface area (Å²) in [5, 5.41) is 8.46. The van der Waals surface area contributed by atoms with E-state index in [9.17, 15) is 4.79 Å². The maximum Gasteiger partial charge on any atom is 0.512 e. The topological polar surface area (TPSA) is 59.4 Å². The predicted molar refractivity (Wildman–Crippen MR) is 42.6 cm³/mol. The van der Waals surface area contributed by atoms with E-state index in [1.807, 2.05) is 0 Å². The normalized spacial score (nSPS) is 9.50. The standard InChI is InChI=1S/C7H6ClNO3/c1-4-2-5(8)9-6(3-4)12-7(10)11/h2-3H,1H3,(H,10,11). The summed E-state index contributed by atoms with van der Waals surface area (Å²) in [5.41, 5.74) is 0.797. The third kappa shape index (κ3) is 2.39. The van der Waals surface area contributed by atoms with Crippen LogP contribution in [0.4, 0.5) is 4.79 Å². The summed E-state index contributed by atoms with van der Waals surface area (Å²) in [5.74, 6) is -0.00694. The Hall–Kier alpha value is -1.29. The van der Waals surface area contributed by atoms with Crippen LogP contribution in [-0.4, -0.2) is 16.2 Å². The molecule has 12 heavy (non-hydrogen) atoms. The highest BCUT2D eigenvalue weighted by Gasteiger charge is 2.03. The Morgan fingerprint density at radius 3 is 2.83 bits per heavy atom. The number of hydrogen-bond acceptors (Lipinski definition) is 3. The van der Waals surface area contributed by atoms with E-state index in [1.165, 1.54) is 6.07 Å². The number of rotatable bonds is 1. The molecule has 0 amide bonds. The van der Waals surface area contributed by atoms with Gasteiger partial charge in [-0.1, -0.05) is 11.6 Å². The molecule has 0 aliphatic heterocycles. The smallest absolute Gasteiger partial charge is 0.449 e. The largest absolute Gasteiger partial charge is 0.512 e. The number of hydrogen-bond donors (Lipinski definition) is 1. The zero-order valence-corrected chi connectivity index (χ0v) is 7.00. The number of carboxylic acid groups (broad SMARTS) is 1. The lowest BCUT2D eigenvalue weighted by molar-refractivity contribution is 0.142. The number of halogens is 1. The van der Waals surface area contributed by atoms with E-state index < -0.39 is 6.16 Å². The van der Waals surface area contributed by atoms with E-state index in [0.717, 1.165) is 5.56 Å². The summed E-state index contributed by atoms with van der Waals surface area (Å²) in [6, 6.07) is 3.09. The molecule has 1 N–H and O–H groups in total. The molecule has 1 rings (SSSR count). The molecule has 0 saturated heterocycles. The van der Waals surface area contributed by atoms with Crippen molar-refractivity contribution in [3.05, 3.63) is 22.8 Å². The monoisotopic (exact) mass is 187 g/mol. The van der Waals surface area contributed by atoms with Crippen molar-refractivity contribution in [3.8, 4) is 5.88 Å². The van der Waals surface area contributed by atoms with Crippen LogP contribution < -0.4 is 4.74 Å². The van der Waals surface area contributed by atoms with Gasteiger partial charge in [0.25, 0.3) is 0 Å². The minimum atomic E-state index is -1.40. The van der Waals surface area contributed by atoms with Crippen molar-refractivity contribution in [1.29, 1.82) is 0 Å². The van der Waals surface area contributed by atoms with Gasteiger partial charge in [-0.25, -0.2) is 9.78 Å². The molecular formula is C7H6ClNO3. The van der Waals surface area contributed by atoms with Gasteiger partial charge in [-0.3, -0.25) is 0 Å². The van der Waals surface area contributed by atoms with Crippen LogP contribution in [0.5, 0.6) is 5.88 Å². The van der Waals surface area contributed by atoms with Crippen LogP contribution in [0.1, 0.15) is 5.56 Å². The number of nitrogens with zero attached hydrogens (tertiary/aromatic N) is 1. The fourth-order valence-corrected chi connectivity index (χ4v) is 0.991. The van der Waals surface area contributed by atoms with Crippen molar-refractivity contribution in [2.45, 2.75) is 6.92 Å². The molecule has 4 nitrogen and oxygen atoms in total. The lowest BCUT2D eigenvalue weighted by Crippen LogP contribution is -2.04. The van der Waals surface area contributed by atoms with E-state index in [1.54, 1.807) is 13.0 Å². The van der Waals surface area contributed by atoms with Gasteiger partial charge in [0.1, 0.15) is 5.15 Å². The third-order valence-electron chi connectivity index (χ3n) is 1.11. The Balaban J connectivity index is 2.93. The first-order chi connectivity index (χ1) is 5.58. The van der Waals surface area contributed by atoms with Crippen LogP contribution in [0.15, 0.2) is 12.1 Å². The fourth-order valence-electron chi connectivity index (χ4n) is 0.736. The Morgan fingerprint density at radius 1 is 1.67 bits per heavy atom. The molecule has 5 heteroatoms. The molecule has 0 saturated carbocycles. The van der Waals surface area contributed by atoms with Crippen LogP contribution in [-0.2, 0) is 0 Å². The average Bonchev–Trinajstić information content (AvgIpc) is 1.81. The molecule has 1 aromatic rings. The van der Waals surface area contributed by atoms with Crippen LogP contribution in [0.3, 0.4) is 0 Å². The lowest BCUT2D eigenvalue weighted by Gasteiger charge is -1.99. The summed E-state index contributed by atoms with van der Waals surface area (Å²) in [4.78, 5) is 13.7. The van der Waals surface area contributed by atoms with Crippen molar-refractivity contribution < 1.29 is 14.6 Å². The van der Waals surface area contributed by atoms with Crippen LogP contribution in [0.2, 0.25) is 5.15 Å². The Labute approximate surface area is 73.8 Å². The number of ether oxygens (including phenoxy) is 1. The fraction of sp³-hybridized carbons (Fsp3) is 0.143. The summed E-state index contributed by atoms with van der Waals surface area (Å²) in [6.45, 7) is 1.77. The first kappa shape index (κ1) is 8.80. The van der Waals surface area contributed by atoms with Crippen molar-refractivity contribution in [2.24, 2.45) is 0 Å². The molecule has 0 aromatic carbocycles. The molecule has 1 heterocycles. The second kappa shape index (κ2) is 3.40. The highest BCUT2D eigenvalue weighted by molar-refractivity contribution is 6.29. The van der Waals surface area contributed by atoms with Crippen molar-refractivity contribution in [1.82, 2.24) is 4.98 Å². The minimum absolute atomic E-state index is 0.00694. The van der Waals surface area contributed by atoms with E-state index >= 15 is 0 Å². The van der Waals surface area contributed by atoms with Crippen molar-refractivity contribution >= 4 is 17.8 Å². The molecule has 0 bridgehead atoms. The molecule has 64 valence electrons. The van der Waals surface area contributed by atoms with E-state index in [4.69, 9.17) is 16.7 Å². The van der Waals surface area contributed by atoms with Gasteiger partial charge >= 0.3 is 6.16 Å². The molecule has 1 aromatic heterocycles. The molecule has 0 aliphatic carbocycles. The third-order valence-corrected chi connectivity index (χ3v) is 1.30. The first-order valence-corrected chi connectivity index (χ1v) is 3.50. The first-order valence-electron chi connectivity index (χ1n) is 3.13. The lowest BCUT2D eigenvalue weighted by atomic mass is 10.3. The predicted octanol–water partition coefficient (Wildman–Crippen LogP) is 2.10.